The molecule has 6 nitrogen and oxygen atoms in total. The molecule has 0 aliphatic rings. The normalized spacial score (nSPS) is 12.8. The summed E-state index contributed by atoms with van der Waals surface area (Å²) < 4.78 is 39.4. The highest BCUT2D eigenvalue weighted by Crippen LogP contribution is 2.14. The maximum absolute atomic E-state index is 12.0. The number of methoxy groups -OCH3 is 1. The van der Waals surface area contributed by atoms with Crippen molar-refractivity contribution in [1.29, 1.82) is 0 Å². The zero-order chi connectivity index (χ0) is 18.3. The molecule has 0 amide bonds. The Kier molecular flexibility index (Phi) is 6.95. The van der Waals surface area contributed by atoms with Gasteiger partial charge in [-0.3, -0.25) is 4.18 Å². The summed E-state index contributed by atoms with van der Waals surface area (Å²) in [5, 5.41) is 9.83. The van der Waals surface area contributed by atoms with E-state index in [0.717, 1.165) is 16.9 Å². The van der Waals surface area contributed by atoms with Crippen molar-refractivity contribution in [3.63, 3.8) is 0 Å². The average molecular weight is 366 g/mol. The Morgan fingerprint density at radius 2 is 1.64 bits per heavy atom. The Balaban J connectivity index is 1.76. The van der Waals surface area contributed by atoms with Gasteiger partial charge in [0.15, 0.2) is 0 Å². The number of aryl methyl sites for hydroxylation is 1. The van der Waals surface area contributed by atoms with E-state index in [-0.39, 0.29) is 18.1 Å². The summed E-state index contributed by atoms with van der Waals surface area (Å²) in [5.74, 6) is 0.749. The Morgan fingerprint density at radius 3 is 2.24 bits per heavy atom. The molecule has 0 radical (unpaired) electrons. The number of hydrogen-bond donors (Lipinski definition) is 1. The summed E-state index contributed by atoms with van der Waals surface area (Å²) in [5.41, 5.74) is 1.87. The van der Waals surface area contributed by atoms with E-state index in [1.165, 1.54) is 12.1 Å². The molecule has 0 aliphatic carbocycles. The highest BCUT2D eigenvalue weighted by Gasteiger charge is 2.17. The van der Waals surface area contributed by atoms with Crippen molar-refractivity contribution < 1.29 is 27.2 Å². The molecule has 7 heteroatoms. The summed E-state index contributed by atoms with van der Waals surface area (Å²) in [6, 6.07) is 13.6. The van der Waals surface area contributed by atoms with Gasteiger partial charge in [0, 0.05) is 0 Å². The quantitative estimate of drug-likeness (QED) is 0.686. The maximum atomic E-state index is 12.0. The van der Waals surface area contributed by atoms with Gasteiger partial charge in [0.2, 0.25) is 0 Å². The van der Waals surface area contributed by atoms with Crippen molar-refractivity contribution >= 4 is 10.1 Å². The van der Waals surface area contributed by atoms with E-state index in [1.807, 2.05) is 31.2 Å². The van der Waals surface area contributed by atoms with E-state index in [2.05, 4.69) is 0 Å². The summed E-state index contributed by atoms with van der Waals surface area (Å²) in [6.45, 7) is 1.77. The Hall–Kier alpha value is -1.93. The molecule has 0 bridgehead atoms. The van der Waals surface area contributed by atoms with Crippen LogP contribution in [0.25, 0.3) is 0 Å². The third kappa shape index (κ3) is 6.13. The van der Waals surface area contributed by atoms with Gasteiger partial charge in [0.1, 0.15) is 11.9 Å². The van der Waals surface area contributed by atoms with Crippen LogP contribution in [-0.2, 0) is 25.6 Å². The van der Waals surface area contributed by atoms with Gasteiger partial charge < -0.3 is 14.6 Å². The van der Waals surface area contributed by atoms with Crippen molar-refractivity contribution in [2.45, 2.75) is 24.5 Å². The highest BCUT2D eigenvalue weighted by molar-refractivity contribution is 7.86. The Labute approximate surface area is 148 Å². The van der Waals surface area contributed by atoms with Crippen molar-refractivity contribution in [1.82, 2.24) is 0 Å². The predicted molar refractivity (Wildman–Crippen MR) is 93.0 cm³/mol. The Bertz CT molecular complexity index is 753. The van der Waals surface area contributed by atoms with Crippen molar-refractivity contribution in [3.8, 4) is 5.75 Å². The van der Waals surface area contributed by atoms with E-state index >= 15 is 0 Å². The maximum Gasteiger partial charge on any atom is 0.297 e. The van der Waals surface area contributed by atoms with E-state index in [4.69, 9.17) is 13.7 Å². The fourth-order valence-corrected chi connectivity index (χ4v) is 2.97. The minimum Gasteiger partial charge on any atom is -0.497 e. The van der Waals surface area contributed by atoms with Crippen LogP contribution in [0.4, 0.5) is 0 Å². The second kappa shape index (κ2) is 8.96. The van der Waals surface area contributed by atoms with Gasteiger partial charge >= 0.3 is 0 Å². The Morgan fingerprint density at radius 1 is 1.00 bits per heavy atom. The molecular weight excluding hydrogens is 344 g/mol. The molecule has 0 spiro atoms. The first-order valence-electron chi connectivity index (χ1n) is 7.75. The first kappa shape index (κ1) is 19.4. The predicted octanol–water partition coefficient (Wildman–Crippen LogP) is 2.29. The monoisotopic (exact) mass is 366 g/mol. The lowest BCUT2D eigenvalue weighted by atomic mass is 10.2. The number of ether oxygens (including phenoxy) is 2. The minimum atomic E-state index is -3.89. The first-order valence-corrected chi connectivity index (χ1v) is 9.16. The molecule has 1 N–H and O–H groups in total. The lowest BCUT2D eigenvalue weighted by Crippen LogP contribution is -2.24. The molecule has 0 saturated carbocycles. The third-order valence-electron chi connectivity index (χ3n) is 3.46. The molecule has 2 aromatic rings. The second-order valence-electron chi connectivity index (χ2n) is 5.57. The summed E-state index contributed by atoms with van der Waals surface area (Å²) in [4.78, 5) is 0.0597. The highest BCUT2D eigenvalue weighted by atomic mass is 32.2. The lowest BCUT2D eigenvalue weighted by Gasteiger charge is -2.12. The second-order valence-corrected chi connectivity index (χ2v) is 7.18. The van der Waals surface area contributed by atoms with Gasteiger partial charge in [-0.05, 0) is 36.8 Å². The third-order valence-corrected chi connectivity index (χ3v) is 4.76. The van der Waals surface area contributed by atoms with Crippen LogP contribution in [0, 0.1) is 6.92 Å². The minimum absolute atomic E-state index is 0.0323. The van der Waals surface area contributed by atoms with Gasteiger partial charge in [-0.1, -0.05) is 29.8 Å². The molecule has 136 valence electrons. The topological polar surface area (TPSA) is 82.1 Å². The van der Waals surface area contributed by atoms with Crippen LogP contribution in [0.2, 0.25) is 0 Å². The molecule has 0 saturated heterocycles. The number of aliphatic hydroxyl groups is 1. The first-order chi connectivity index (χ1) is 11.9. The van der Waals surface area contributed by atoms with E-state index in [0.29, 0.717) is 6.61 Å². The van der Waals surface area contributed by atoms with Gasteiger partial charge in [-0.15, -0.1) is 0 Å². The fraction of sp³-hybridized carbons (Fsp3) is 0.333. The van der Waals surface area contributed by atoms with Gasteiger partial charge in [-0.2, -0.15) is 8.42 Å². The van der Waals surface area contributed by atoms with Crippen LogP contribution in [0.5, 0.6) is 5.75 Å². The molecule has 2 rings (SSSR count). The SMILES string of the molecule is COc1ccc(COC[C@H](O)COS(=O)(=O)c2ccc(C)cc2)cc1. The van der Waals surface area contributed by atoms with E-state index in [1.54, 1.807) is 19.2 Å². The molecule has 0 heterocycles. The van der Waals surface area contributed by atoms with Gasteiger partial charge in [-0.25, -0.2) is 0 Å². The summed E-state index contributed by atoms with van der Waals surface area (Å²) in [7, 11) is -2.30. The molecule has 0 fully saturated rings. The van der Waals surface area contributed by atoms with E-state index < -0.39 is 16.2 Å². The van der Waals surface area contributed by atoms with Crippen LogP contribution < -0.4 is 4.74 Å². The number of aliphatic hydroxyl groups excluding tert-OH is 1. The van der Waals surface area contributed by atoms with Gasteiger partial charge in [0.25, 0.3) is 10.1 Å². The zero-order valence-corrected chi connectivity index (χ0v) is 15.0. The summed E-state index contributed by atoms with van der Waals surface area (Å²) in [6.07, 6.45) is -1.04. The number of rotatable bonds is 9. The van der Waals surface area contributed by atoms with Crippen LogP contribution in [0.1, 0.15) is 11.1 Å². The van der Waals surface area contributed by atoms with Crippen LogP contribution in [-0.4, -0.2) is 40.0 Å². The average Bonchev–Trinajstić information content (AvgIpc) is 2.61. The van der Waals surface area contributed by atoms with Crippen molar-refractivity contribution in [2.24, 2.45) is 0 Å². The number of benzene rings is 2. The van der Waals surface area contributed by atoms with Crippen molar-refractivity contribution in [3.05, 3.63) is 59.7 Å². The molecule has 1 atom stereocenters. The fourth-order valence-electron chi connectivity index (χ4n) is 2.02. The zero-order valence-electron chi connectivity index (χ0n) is 14.2. The molecular formula is C18H22O6S. The smallest absolute Gasteiger partial charge is 0.297 e. The molecule has 0 aliphatic heterocycles. The molecule has 2 aromatic carbocycles. The number of hydrogen-bond acceptors (Lipinski definition) is 6. The van der Waals surface area contributed by atoms with Crippen LogP contribution in [0.3, 0.4) is 0 Å². The summed E-state index contributed by atoms with van der Waals surface area (Å²) >= 11 is 0. The van der Waals surface area contributed by atoms with E-state index in [9.17, 15) is 13.5 Å². The standard InChI is InChI=1S/C18H22O6S/c1-14-3-9-18(10-4-14)25(20,21)24-13-16(19)12-23-11-15-5-7-17(22-2)8-6-15/h3-10,16,19H,11-13H2,1-2H3/t16-/m0/s1. The largest absolute Gasteiger partial charge is 0.497 e. The molecule has 0 aromatic heterocycles. The van der Waals surface area contributed by atoms with Crippen LogP contribution in [0.15, 0.2) is 53.4 Å². The lowest BCUT2D eigenvalue weighted by molar-refractivity contribution is 0.00668. The van der Waals surface area contributed by atoms with Gasteiger partial charge in [0.05, 0.1) is 31.8 Å². The molecule has 0 unspecified atom stereocenters. The van der Waals surface area contributed by atoms with Crippen LogP contribution >= 0.6 is 0 Å². The molecule has 25 heavy (non-hydrogen) atoms. The van der Waals surface area contributed by atoms with Crippen molar-refractivity contribution in [2.75, 3.05) is 20.3 Å².